The molecule has 1 aliphatic rings. The minimum absolute atomic E-state index is 0.0288. The number of rotatable bonds is 7. The molecule has 9 nitrogen and oxygen atoms in total. The number of aliphatic hydroxyl groups is 1. The summed E-state index contributed by atoms with van der Waals surface area (Å²) in [6.07, 6.45) is 0.0288. The Morgan fingerprint density at radius 2 is 1.90 bits per heavy atom. The summed E-state index contributed by atoms with van der Waals surface area (Å²) in [4.78, 5) is 24.8. The number of ether oxygens (including phenoxy) is 2. The van der Waals surface area contributed by atoms with E-state index in [9.17, 15) is 14.7 Å². The first kappa shape index (κ1) is 19.5. The number of carbonyl (C=O) groups excluding carboxylic acids is 2. The highest BCUT2D eigenvalue weighted by atomic mass is 16.7. The molecular formula is C21H20N4O5. The molecule has 0 saturated carbocycles. The van der Waals surface area contributed by atoms with Crippen molar-refractivity contribution in [3.05, 3.63) is 60.2 Å². The summed E-state index contributed by atoms with van der Waals surface area (Å²) in [6.45, 7) is -0.397. The van der Waals surface area contributed by atoms with Crippen molar-refractivity contribution in [1.29, 1.82) is 0 Å². The Morgan fingerprint density at radius 3 is 2.70 bits per heavy atom. The third kappa shape index (κ3) is 4.41. The molecule has 2 amide bonds. The van der Waals surface area contributed by atoms with Crippen LogP contribution in [0.25, 0.3) is 11.3 Å². The molecule has 0 radical (unpaired) electrons. The molecule has 2 heterocycles. The van der Waals surface area contributed by atoms with Gasteiger partial charge in [0, 0.05) is 6.07 Å². The molecule has 3 aromatic rings. The van der Waals surface area contributed by atoms with E-state index in [0.717, 1.165) is 11.3 Å². The number of H-pyrrole nitrogens is 1. The van der Waals surface area contributed by atoms with E-state index >= 15 is 0 Å². The normalized spacial score (nSPS) is 13.0. The smallest absolute Gasteiger partial charge is 0.250 e. The van der Waals surface area contributed by atoms with Crippen molar-refractivity contribution in [3.63, 3.8) is 0 Å². The Hall–Kier alpha value is -3.85. The van der Waals surface area contributed by atoms with Gasteiger partial charge in [0.1, 0.15) is 6.04 Å². The van der Waals surface area contributed by atoms with Crippen LogP contribution in [0.4, 0.5) is 5.82 Å². The van der Waals surface area contributed by atoms with Crippen LogP contribution in [0.1, 0.15) is 5.56 Å². The highest BCUT2D eigenvalue weighted by Gasteiger charge is 2.22. The highest BCUT2D eigenvalue weighted by molar-refractivity contribution is 5.97. The lowest BCUT2D eigenvalue weighted by molar-refractivity contribution is -0.126. The van der Waals surface area contributed by atoms with Crippen LogP contribution in [-0.4, -0.2) is 46.6 Å². The van der Waals surface area contributed by atoms with Gasteiger partial charge in [0.15, 0.2) is 17.3 Å². The lowest BCUT2D eigenvalue weighted by atomic mass is 10.1. The Bertz CT molecular complexity index is 1050. The summed E-state index contributed by atoms with van der Waals surface area (Å²) in [6, 6.07) is 15.3. The molecule has 0 spiro atoms. The molecule has 2 aromatic carbocycles. The SMILES string of the molecule is O=C(Cc1ccc2c(c1)OCO2)N[C@@H](CO)C(=O)Nc1cc(-c2ccccc2)[nH]n1. The van der Waals surface area contributed by atoms with Crippen LogP contribution in [0.2, 0.25) is 0 Å². The van der Waals surface area contributed by atoms with Crippen molar-refractivity contribution < 1.29 is 24.2 Å². The van der Waals surface area contributed by atoms with E-state index < -0.39 is 24.5 Å². The van der Waals surface area contributed by atoms with Crippen molar-refractivity contribution in [3.8, 4) is 22.8 Å². The van der Waals surface area contributed by atoms with Gasteiger partial charge in [-0.2, -0.15) is 5.10 Å². The minimum Gasteiger partial charge on any atom is -0.454 e. The van der Waals surface area contributed by atoms with Gasteiger partial charge in [0.05, 0.1) is 18.7 Å². The van der Waals surface area contributed by atoms with Gasteiger partial charge in [-0.15, -0.1) is 0 Å². The molecule has 0 saturated heterocycles. The van der Waals surface area contributed by atoms with E-state index in [1.54, 1.807) is 24.3 Å². The molecule has 30 heavy (non-hydrogen) atoms. The lowest BCUT2D eigenvalue weighted by Crippen LogP contribution is -2.46. The van der Waals surface area contributed by atoms with Gasteiger partial charge in [0.25, 0.3) is 5.91 Å². The zero-order valence-corrected chi connectivity index (χ0v) is 15.9. The molecule has 1 atom stereocenters. The van der Waals surface area contributed by atoms with Gasteiger partial charge in [-0.25, -0.2) is 0 Å². The number of fused-ring (bicyclic) bond motifs is 1. The molecular weight excluding hydrogens is 388 g/mol. The Labute approximate surface area is 172 Å². The van der Waals surface area contributed by atoms with Gasteiger partial charge in [-0.05, 0) is 23.3 Å². The number of benzene rings is 2. The zero-order valence-electron chi connectivity index (χ0n) is 15.9. The fraction of sp³-hybridized carbons (Fsp3) is 0.190. The van der Waals surface area contributed by atoms with Gasteiger partial charge < -0.3 is 25.2 Å². The number of carbonyl (C=O) groups is 2. The topological polar surface area (TPSA) is 126 Å². The van der Waals surface area contributed by atoms with E-state index in [-0.39, 0.29) is 13.2 Å². The molecule has 0 bridgehead atoms. The summed E-state index contributed by atoms with van der Waals surface area (Å²) >= 11 is 0. The van der Waals surface area contributed by atoms with Crippen LogP contribution in [0.5, 0.6) is 11.5 Å². The number of anilines is 1. The van der Waals surface area contributed by atoms with Gasteiger partial charge in [0.2, 0.25) is 12.7 Å². The number of nitrogens with one attached hydrogen (secondary N) is 3. The maximum atomic E-state index is 12.5. The Balaban J connectivity index is 1.35. The van der Waals surface area contributed by atoms with Crippen molar-refractivity contribution in [1.82, 2.24) is 15.5 Å². The molecule has 154 valence electrons. The molecule has 9 heteroatoms. The van der Waals surface area contributed by atoms with Crippen LogP contribution in [0.3, 0.4) is 0 Å². The summed E-state index contributed by atoms with van der Waals surface area (Å²) in [5.74, 6) is 0.519. The monoisotopic (exact) mass is 408 g/mol. The van der Waals surface area contributed by atoms with Gasteiger partial charge in [-0.1, -0.05) is 36.4 Å². The minimum atomic E-state index is -1.11. The average Bonchev–Trinajstić information content (AvgIpc) is 3.41. The van der Waals surface area contributed by atoms with Crippen molar-refractivity contribution in [2.45, 2.75) is 12.5 Å². The molecule has 0 unspecified atom stereocenters. The van der Waals surface area contributed by atoms with E-state index in [4.69, 9.17) is 9.47 Å². The third-order valence-corrected chi connectivity index (χ3v) is 4.55. The molecule has 4 N–H and O–H groups in total. The van der Waals surface area contributed by atoms with E-state index in [2.05, 4.69) is 20.8 Å². The first-order valence-electron chi connectivity index (χ1n) is 9.33. The van der Waals surface area contributed by atoms with Crippen molar-refractivity contribution >= 4 is 17.6 Å². The summed E-state index contributed by atoms with van der Waals surface area (Å²) < 4.78 is 10.5. The van der Waals surface area contributed by atoms with Crippen LogP contribution in [0.15, 0.2) is 54.6 Å². The number of hydrogen-bond donors (Lipinski definition) is 4. The maximum Gasteiger partial charge on any atom is 0.250 e. The molecule has 0 aliphatic carbocycles. The lowest BCUT2D eigenvalue weighted by Gasteiger charge is -2.15. The third-order valence-electron chi connectivity index (χ3n) is 4.55. The standard InChI is InChI=1S/C21H20N4O5/c26-11-16(22-20(27)9-13-6-7-17-18(8-13)30-12-29-17)21(28)23-19-10-15(24-25-19)14-4-2-1-3-5-14/h1-8,10,16,26H,9,11-12H2,(H,22,27)(H2,23,24,25,28)/t16-/m0/s1. The largest absolute Gasteiger partial charge is 0.454 e. The van der Waals surface area contributed by atoms with E-state index in [1.165, 1.54) is 0 Å². The van der Waals surface area contributed by atoms with Gasteiger partial charge >= 0.3 is 0 Å². The van der Waals surface area contributed by atoms with Crippen LogP contribution < -0.4 is 20.1 Å². The predicted octanol–water partition coefficient (Wildman–Crippen LogP) is 1.46. The number of aromatic nitrogens is 2. The number of amides is 2. The van der Waals surface area contributed by atoms with Crippen LogP contribution >= 0.6 is 0 Å². The molecule has 0 fully saturated rings. The fourth-order valence-electron chi connectivity index (χ4n) is 3.04. The second kappa shape index (κ2) is 8.66. The number of aromatic amines is 1. The number of aliphatic hydroxyl groups excluding tert-OH is 1. The number of hydrogen-bond acceptors (Lipinski definition) is 6. The summed E-state index contributed by atoms with van der Waals surface area (Å²) in [7, 11) is 0. The van der Waals surface area contributed by atoms with E-state index in [0.29, 0.717) is 22.9 Å². The predicted molar refractivity (Wildman–Crippen MR) is 108 cm³/mol. The average molecular weight is 408 g/mol. The quantitative estimate of drug-likeness (QED) is 0.469. The first-order valence-corrected chi connectivity index (χ1v) is 9.33. The molecule has 1 aliphatic heterocycles. The zero-order chi connectivity index (χ0) is 20.9. The first-order chi connectivity index (χ1) is 14.6. The fourth-order valence-corrected chi connectivity index (χ4v) is 3.04. The maximum absolute atomic E-state index is 12.5. The van der Waals surface area contributed by atoms with Gasteiger partial charge in [-0.3, -0.25) is 14.7 Å². The van der Waals surface area contributed by atoms with Crippen molar-refractivity contribution in [2.24, 2.45) is 0 Å². The van der Waals surface area contributed by atoms with Crippen molar-refractivity contribution in [2.75, 3.05) is 18.7 Å². The highest BCUT2D eigenvalue weighted by Crippen LogP contribution is 2.32. The second-order valence-corrected chi connectivity index (χ2v) is 6.69. The van der Waals surface area contributed by atoms with Crippen LogP contribution in [0, 0.1) is 0 Å². The Morgan fingerprint density at radius 1 is 1.10 bits per heavy atom. The van der Waals surface area contributed by atoms with E-state index in [1.807, 2.05) is 30.3 Å². The summed E-state index contributed by atoms with van der Waals surface area (Å²) in [5, 5.41) is 21.6. The summed E-state index contributed by atoms with van der Waals surface area (Å²) in [5.41, 5.74) is 2.35. The van der Waals surface area contributed by atoms with Crippen LogP contribution in [-0.2, 0) is 16.0 Å². The second-order valence-electron chi connectivity index (χ2n) is 6.69. The number of nitrogens with zero attached hydrogens (tertiary/aromatic N) is 1. The molecule has 4 rings (SSSR count). The Kier molecular flexibility index (Phi) is 5.62. The molecule has 1 aromatic heterocycles.